The Kier molecular flexibility index (Phi) is 4.57. The molecule has 1 amide bonds. The SMILES string of the molecule is COC(=O)c1cccc(NC(=O)Cc2cccc3ccccc23)c1. The first-order valence-corrected chi connectivity index (χ1v) is 7.62. The van der Waals surface area contributed by atoms with Gasteiger partial charge >= 0.3 is 5.97 Å². The number of rotatable bonds is 4. The summed E-state index contributed by atoms with van der Waals surface area (Å²) in [6.45, 7) is 0. The van der Waals surface area contributed by atoms with Crippen LogP contribution < -0.4 is 5.32 Å². The van der Waals surface area contributed by atoms with Crippen LogP contribution in [-0.4, -0.2) is 19.0 Å². The Balaban J connectivity index is 1.77. The van der Waals surface area contributed by atoms with Gasteiger partial charge < -0.3 is 10.1 Å². The normalized spacial score (nSPS) is 10.4. The fourth-order valence-corrected chi connectivity index (χ4v) is 2.67. The summed E-state index contributed by atoms with van der Waals surface area (Å²) in [5.74, 6) is -0.562. The van der Waals surface area contributed by atoms with Crippen molar-refractivity contribution in [2.75, 3.05) is 12.4 Å². The Morgan fingerprint density at radius 1 is 0.958 bits per heavy atom. The van der Waals surface area contributed by atoms with Gasteiger partial charge in [0.05, 0.1) is 19.1 Å². The number of hydrogen-bond acceptors (Lipinski definition) is 3. The second-order valence-electron chi connectivity index (χ2n) is 5.44. The van der Waals surface area contributed by atoms with Crippen LogP contribution in [-0.2, 0) is 16.0 Å². The van der Waals surface area contributed by atoms with E-state index >= 15 is 0 Å². The van der Waals surface area contributed by atoms with E-state index in [2.05, 4.69) is 10.1 Å². The fourth-order valence-electron chi connectivity index (χ4n) is 2.67. The molecule has 3 aromatic carbocycles. The molecule has 1 N–H and O–H groups in total. The Labute approximate surface area is 140 Å². The van der Waals surface area contributed by atoms with Crippen molar-refractivity contribution in [2.24, 2.45) is 0 Å². The highest BCUT2D eigenvalue weighted by molar-refractivity contribution is 5.97. The van der Waals surface area contributed by atoms with Gasteiger partial charge in [-0.1, -0.05) is 48.5 Å². The second-order valence-corrected chi connectivity index (χ2v) is 5.44. The van der Waals surface area contributed by atoms with Crippen LogP contribution in [0.3, 0.4) is 0 Å². The van der Waals surface area contributed by atoms with Gasteiger partial charge in [-0.2, -0.15) is 0 Å². The second kappa shape index (κ2) is 6.96. The smallest absolute Gasteiger partial charge is 0.337 e. The molecule has 0 saturated carbocycles. The van der Waals surface area contributed by atoms with Gasteiger partial charge in [-0.25, -0.2) is 4.79 Å². The van der Waals surface area contributed by atoms with Crippen LogP contribution in [0.1, 0.15) is 15.9 Å². The van der Waals surface area contributed by atoms with Gasteiger partial charge in [0, 0.05) is 5.69 Å². The molecule has 3 rings (SSSR count). The quantitative estimate of drug-likeness (QED) is 0.744. The molecule has 0 radical (unpaired) electrons. The van der Waals surface area contributed by atoms with Crippen LogP contribution in [0.4, 0.5) is 5.69 Å². The summed E-state index contributed by atoms with van der Waals surface area (Å²) in [6, 6.07) is 20.6. The van der Waals surface area contributed by atoms with Gasteiger partial charge in [-0.15, -0.1) is 0 Å². The fraction of sp³-hybridized carbons (Fsp3) is 0.100. The molecule has 4 heteroatoms. The summed E-state index contributed by atoms with van der Waals surface area (Å²) < 4.78 is 4.69. The molecule has 0 unspecified atom stereocenters. The lowest BCUT2D eigenvalue weighted by atomic mass is 10.0. The molecule has 0 bridgehead atoms. The Hall–Kier alpha value is -3.14. The van der Waals surface area contributed by atoms with Crippen molar-refractivity contribution in [1.82, 2.24) is 0 Å². The molecule has 0 heterocycles. The molecule has 24 heavy (non-hydrogen) atoms. The zero-order valence-electron chi connectivity index (χ0n) is 13.3. The lowest BCUT2D eigenvalue weighted by Gasteiger charge is -2.09. The maximum Gasteiger partial charge on any atom is 0.337 e. The maximum absolute atomic E-state index is 12.3. The third-order valence-corrected chi connectivity index (χ3v) is 3.80. The molecule has 0 aliphatic heterocycles. The van der Waals surface area contributed by atoms with Crippen molar-refractivity contribution in [2.45, 2.75) is 6.42 Å². The number of anilines is 1. The first-order valence-electron chi connectivity index (χ1n) is 7.62. The zero-order valence-corrected chi connectivity index (χ0v) is 13.3. The average Bonchev–Trinajstić information content (AvgIpc) is 2.61. The van der Waals surface area contributed by atoms with E-state index in [-0.39, 0.29) is 12.3 Å². The van der Waals surface area contributed by atoms with Crippen LogP contribution in [0.2, 0.25) is 0 Å². The van der Waals surface area contributed by atoms with Crippen molar-refractivity contribution in [3.8, 4) is 0 Å². The molecule has 3 aromatic rings. The predicted octanol–water partition coefficient (Wildman–Crippen LogP) is 3.81. The van der Waals surface area contributed by atoms with E-state index in [9.17, 15) is 9.59 Å². The summed E-state index contributed by atoms with van der Waals surface area (Å²) >= 11 is 0. The molecule has 0 aliphatic carbocycles. The lowest BCUT2D eigenvalue weighted by Crippen LogP contribution is -2.15. The molecule has 0 fully saturated rings. The average molecular weight is 319 g/mol. The van der Waals surface area contributed by atoms with E-state index in [1.54, 1.807) is 24.3 Å². The van der Waals surface area contributed by atoms with Crippen LogP contribution in [0.25, 0.3) is 10.8 Å². The van der Waals surface area contributed by atoms with Crippen LogP contribution in [0.15, 0.2) is 66.7 Å². The monoisotopic (exact) mass is 319 g/mol. The summed E-state index contributed by atoms with van der Waals surface area (Å²) in [5, 5.41) is 5.00. The van der Waals surface area contributed by atoms with Crippen molar-refractivity contribution in [3.63, 3.8) is 0 Å². The number of esters is 1. The van der Waals surface area contributed by atoms with E-state index in [0.717, 1.165) is 16.3 Å². The number of nitrogens with one attached hydrogen (secondary N) is 1. The Bertz CT molecular complexity index is 897. The van der Waals surface area contributed by atoms with Crippen LogP contribution >= 0.6 is 0 Å². The van der Waals surface area contributed by atoms with Crippen molar-refractivity contribution in [3.05, 3.63) is 77.9 Å². The summed E-state index contributed by atoms with van der Waals surface area (Å²) in [7, 11) is 1.33. The number of fused-ring (bicyclic) bond motifs is 1. The first kappa shape index (κ1) is 15.7. The highest BCUT2D eigenvalue weighted by Gasteiger charge is 2.09. The van der Waals surface area contributed by atoms with Gasteiger partial charge in [-0.05, 0) is 34.5 Å². The Morgan fingerprint density at radius 2 is 1.71 bits per heavy atom. The number of benzene rings is 3. The lowest BCUT2D eigenvalue weighted by molar-refractivity contribution is -0.115. The molecule has 0 aromatic heterocycles. The number of hydrogen-bond donors (Lipinski definition) is 1. The third kappa shape index (κ3) is 3.43. The van der Waals surface area contributed by atoms with Crippen molar-refractivity contribution >= 4 is 28.3 Å². The molecule has 0 saturated heterocycles. The largest absolute Gasteiger partial charge is 0.465 e. The van der Waals surface area contributed by atoms with Crippen molar-refractivity contribution in [1.29, 1.82) is 0 Å². The third-order valence-electron chi connectivity index (χ3n) is 3.80. The standard InChI is InChI=1S/C20H17NO3/c1-24-20(23)16-9-5-10-17(12-16)21-19(22)13-15-8-4-7-14-6-2-3-11-18(14)15/h2-12H,13H2,1H3,(H,21,22). The Morgan fingerprint density at radius 3 is 2.54 bits per heavy atom. The minimum absolute atomic E-state index is 0.131. The minimum Gasteiger partial charge on any atom is -0.465 e. The molecule has 4 nitrogen and oxygen atoms in total. The molecule has 120 valence electrons. The zero-order chi connectivity index (χ0) is 16.9. The van der Waals surface area contributed by atoms with Crippen LogP contribution in [0, 0.1) is 0 Å². The molecule has 0 spiro atoms. The van der Waals surface area contributed by atoms with Crippen molar-refractivity contribution < 1.29 is 14.3 Å². The topological polar surface area (TPSA) is 55.4 Å². The number of carbonyl (C=O) groups excluding carboxylic acids is 2. The maximum atomic E-state index is 12.3. The highest BCUT2D eigenvalue weighted by Crippen LogP contribution is 2.19. The van der Waals surface area contributed by atoms with Crippen LogP contribution in [0.5, 0.6) is 0 Å². The number of amides is 1. The van der Waals surface area contributed by atoms with Gasteiger partial charge in [-0.3, -0.25) is 4.79 Å². The van der Waals surface area contributed by atoms with E-state index < -0.39 is 5.97 Å². The van der Waals surface area contributed by atoms with E-state index in [1.807, 2.05) is 42.5 Å². The summed E-state index contributed by atoms with van der Waals surface area (Å²) in [4.78, 5) is 23.9. The molecule has 0 atom stereocenters. The van der Waals surface area contributed by atoms with Gasteiger partial charge in [0.15, 0.2) is 0 Å². The number of carbonyl (C=O) groups is 2. The van der Waals surface area contributed by atoms with E-state index in [4.69, 9.17) is 0 Å². The van der Waals surface area contributed by atoms with E-state index in [1.165, 1.54) is 7.11 Å². The summed E-state index contributed by atoms with van der Waals surface area (Å²) in [5.41, 5.74) is 1.94. The number of ether oxygens (including phenoxy) is 1. The molecular weight excluding hydrogens is 302 g/mol. The minimum atomic E-state index is -0.430. The van der Waals surface area contributed by atoms with E-state index in [0.29, 0.717) is 11.3 Å². The van der Waals surface area contributed by atoms with Gasteiger partial charge in [0.2, 0.25) is 5.91 Å². The first-order chi connectivity index (χ1) is 11.7. The predicted molar refractivity (Wildman–Crippen MR) is 94.1 cm³/mol. The molecular formula is C20H17NO3. The van der Waals surface area contributed by atoms with Gasteiger partial charge in [0.25, 0.3) is 0 Å². The molecule has 0 aliphatic rings. The summed E-state index contributed by atoms with van der Waals surface area (Å²) in [6.07, 6.45) is 0.268. The van der Waals surface area contributed by atoms with Gasteiger partial charge in [0.1, 0.15) is 0 Å². The highest BCUT2D eigenvalue weighted by atomic mass is 16.5. The number of methoxy groups -OCH3 is 1.